The fourth-order valence-electron chi connectivity index (χ4n) is 2.82. The summed E-state index contributed by atoms with van der Waals surface area (Å²) in [4.78, 5) is 14.6. The lowest BCUT2D eigenvalue weighted by molar-refractivity contribution is 0.0734. The highest BCUT2D eigenvalue weighted by Gasteiger charge is 2.32. The van der Waals surface area contributed by atoms with Gasteiger partial charge >= 0.3 is 0 Å². The lowest BCUT2D eigenvalue weighted by Crippen LogP contribution is -2.30. The number of carbonyl (C=O) groups is 1. The quantitative estimate of drug-likeness (QED) is 0.832. The molecule has 100 valence electrons. The van der Waals surface area contributed by atoms with Gasteiger partial charge in [0.2, 0.25) is 0 Å². The fourth-order valence-corrected chi connectivity index (χ4v) is 3.53. The van der Waals surface area contributed by atoms with Crippen molar-refractivity contribution in [3.63, 3.8) is 0 Å². The van der Waals surface area contributed by atoms with Crippen molar-refractivity contribution in [3.05, 3.63) is 45.5 Å². The second-order valence-corrected chi connectivity index (χ2v) is 5.82. The van der Waals surface area contributed by atoms with Crippen molar-refractivity contribution >= 4 is 17.2 Å². The molecule has 1 unspecified atom stereocenters. The van der Waals surface area contributed by atoms with Gasteiger partial charge in [-0.1, -0.05) is 0 Å². The largest absolute Gasteiger partial charge is 0.466 e. The summed E-state index contributed by atoms with van der Waals surface area (Å²) in [6.45, 7) is 4.57. The Morgan fingerprint density at radius 1 is 1.47 bits per heavy atom. The molecule has 1 aliphatic rings. The van der Waals surface area contributed by atoms with Crippen LogP contribution in [0.5, 0.6) is 0 Å². The Morgan fingerprint density at radius 2 is 2.32 bits per heavy atom. The Labute approximate surface area is 116 Å². The second-order valence-electron chi connectivity index (χ2n) is 5.04. The lowest BCUT2D eigenvalue weighted by atomic mass is 10.1. The van der Waals surface area contributed by atoms with E-state index in [1.807, 2.05) is 24.8 Å². The van der Waals surface area contributed by atoms with E-state index in [4.69, 9.17) is 4.42 Å². The number of amides is 1. The highest BCUT2D eigenvalue weighted by molar-refractivity contribution is 7.07. The van der Waals surface area contributed by atoms with Crippen molar-refractivity contribution in [2.24, 2.45) is 0 Å². The molecule has 1 saturated heterocycles. The zero-order chi connectivity index (χ0) is 13.4. The molecule has 0 spiro atoms. The van der Waals surface area contributed by atoms with Crippen LogP contribution in [0.25, 0.3) is 0 Å². The highest BCUT2D eigenvalue weighted by atomic mass is 32.1. The van der Waals surface area contributed by atoms with E-state index in [-0.39, 0.29) is 11.9 Å². The first-order chi connectivity index (χ1) is 9.16. The van der Waals surface area contributed by atoms with Gasteiger partial charge in [-0.2, -0.15) is 11.3 Å². The third-order valence-corrected chi connectivity index (χ3v) is 4.41. The molecule has 1 amide bonds. The molecule has 0 aromatic carbocycles. The lowest BCUT2D eigenvalue weighted by Gasteiger charge is -2.24. The average molecular weight is 275 g/mol. The van der Waals surface area contributed by atoms with Gasteiger partial charge in [0.05, 0.1) is 11.6 Å². The van der Waals surface area contributed by atoms with E-state index in [1.165, 1.54) is 5.56 Å². The van der Waals surface area contributed by atoms with Crippen LogP contribution in [0.1, 0.15) is 46.3 Å². The Bertz CT molecular complexity index is 585. The third-order valence-electron chi connectivity index (χ3n) is 3.71. The SMILES string of the molecule is Cc1cc(C(=O)N2CCCC2c2ccsc2)c(C)o1. The number of likely N-dealkylation sites (tertiary alicyclic amines) is 1. The molecular formula is C15H17NO2S. The minimum Gasteiger partial charge on any atom is -0.466 e. The van der Waals surface area contributed by atoms with Crippen LogP contribution in [-0.2, 0) is 0 Å². The van der Waals surface area contributed by atoms with E-state index in [2.05, 4.69) is 16.8 Å². The maximum atomic E-state index is 12.7. The zero-order valence-electron chi connectivity index (χ0n) is 11.2. The zero-order valence-corrected chi connectivity index (χ0v) is 12.0. The van der Waals surface area contributed by atoms with Crippen LogP contribution in [0.2, 0.25) is 0 Å². The molecule has 0 radical (unpaired) electrons. The number of aryl methyl sites for hydroxylation is 2. The Morgan fingerprint density at radius 3 is 2.95 bits per heavy atom. The maximum absolute atomic E-state index is 12.7. The summed E-state index contributed by atoms with van der Waals surface area (Å²) in [5.74, 6) is 1.62. The first-order valence-electron chi connectivity index (χ1n) is 6.57. The van der Waals surface area contributed by atoms with Gasteiger partial charge < -0.3 is 9.32 Å². The molecule has 3 heterocycles. The predicted octanol–water partition coefficient (Wildman–Crippen LogP) is 3.94. The minimum absolute atomic E-state index is 0.100. The normalized spacial score (nSPS) is 19.1. The van der Waals surface area contributed by atoms with E-state index in [0.29, 0.717) is 5.56 Å². The summed E-state index contributed by atoms with van der Waals surface area (Å²) in [5, 5.41) is 4.22. The molecular weight excluding hydrogens is 258 g/mol. The summed E-state index contributed by atoms with van der Waals surface area (Å²) in [6.07, 6.45) is 2.13. The van der Waals surface area contributed by atoms with Crippen molar-refractivity contribution in [3.8, 4) is 0 Å². The van der Waals surface area contributed by atoms with Gasteiger partial charge in [0.15, 0.2) is 0 Å². The molecule has 0 aliphatic carbocycles. The average Bonchev–Trinajstić information content (AvgIpc) is 3.06. The molecule has 1 fully saturated rings. The van der Waals surface area contributed by atoms with Gasteiger partial charge in [0.1, 0.15) is 11.5 Å². The van der Waals surface area contributed by atoms with Gasteiger partial charge in [-0.15, -0.1) is 0 Å². The Kier molecular flexibility index (Phi) is 3.19. The summed E-state index contributed by atoms with van der Waals surface area (Å²) < 4.78 is 5.48. The van der Waals surface area contributed by atoms with Crippen LogP contribution in [-0.4, -0.2) is 17.4 Å². The Hall–Kier alpha value is -1.55. The first kappa shape index (κ1) is 12.5. The van der Waals surface area contributed by atoms with E-state index in [9.17, 15) is 4.79 Å². The predicted molar refractivity (Wildman–Crippen MR) is 75.5 cm³/mol. The van der Waals surface area contributed by atoms with Crippen molar-refractivity contribution in [2.75, 3.05) is 6.54 Å². The first-order valence-corrected chi connectivity index (χ1v) is 7.51. The standard InChI is InChI=1S/C15H17NO2S/c1-10-8-13(11(2)18-10)15(17)16-6-3-4-14(16)12-5-7-19-9-12/h5,7-9,14H,3-4,6H2,1-2H3. The molecule has 3 nitrogen and oxygen atoms in total. The van der Waals surface area contributed by atoms with E-state index < -0.39 is 0 Å². The van der Waals surface area contributed by atoms with Gasteiger partial charge in [-0.3, -0.25) is 4.79 Å². The number of hydrogen-bond acceptors (Lipinski definition) is 3. The summed E-state index contributed by atoms with van der Waals surface area (Å²) in [6, 6.07) is 4.20. The second kappa shape index (κ2) is 4.85. The van der Waals surface area contributed by atoms with Crippen molar-refractivity contribution in [1.82, 2.24) is 4.90 Å². The molecule has 2 aromatic heterocycles. The van der Waals surface area contributed by atoms with Gasteiger partial charge in [0.25, 0.3) is 5.91 Å². The van der Waals surface area contributed by atoms with Gasteiger partial charge in [-0.25, -0.2) is 0 Å². The third kappa shape index (κ3) is 2.21. The monoisotopic (exact) mass is 275 g/mol. The Balaban J connectivity index is 1.89. The molecule has 1 atom stereocenters. The molecule has 1 aliphatic heterocycles. The molecule has 19 heavy (non-hydrogen) atoms. The highest BCUT2D eigenvalue weighted by Crippen LogP contribution is 2.34. The van der Waals surface area contributed by atoms with Crippen LogP contribution >= 0.6 is 11.3 Å². The smallest absolute Gasteiger partial charge is 0.257 e. The number of hydrogen-bond donors (Lipinski definition) is 0. The van der Waals surface area contributed by atoms with E-state index in [0.717, 1.165) is 30.9 Å². The summed E-state index contributed by atoms with van der Waals surface area (Å²) in [5.41, 5.74) is 1.97. The van der Waals surface area contributed by atoms with Gasteiger partial charge in [-0.05, 0) is 55.1 Å². The summed E-state index contributed by atoms with van der Waals surface area (Å²) >= 11 is 1.69. The topological polar surface area (TPSA) is 33.5 Å². The molecule has 0 N–H and O–H groups in total. The van der Waals surface area contributed by atoms with E-state index >= 15 is 0 Å². The molecule has 2 aromatic rings. The van der Waals surface area contributed by atoms with Crippen LogP contribution in [0.15, 0.2) is 27.3 Å². The van der Waals surface area contributed by atoms with Crippen LogP contribution in [0.4, 0.5) is 0 Å². The molecule has 0 saturated carbocycles. The number of thiophene rings is 1. The molecule has 3 rings (SSSR count). The fraction of sp³-hybridized carbons (Fsp3) is 0.400. The number of carbonyl (C=O) groups excluding carboxylic acids is 1. The van der Waals surface area contributed by atoms with Gasteiger partial charge in [0, 0.05) is 6.54 Å². The van der Waals surface area contributed by atoms with Crippen LogP contribution in [0.3, 0.4) is 0 Å². The van der Waals surface area contributed by atoms with E-state index in [1.54, 1.807) is 11.3 Å². The summed E-state index contributed by atoms with van der Waals surface area (Å²) in [7, 11) is 0. The van der Waals surface area contributed by atoms with Crippen molar-refractivity contribution in [1.29, 1.82) is 0 Å². The molecule has 4 heteroatoms. The van der Waals surface area contributed by atoms with Crippen LogP contribution in [0, 0.1) is 13.8 Å². The van der Waals surface area contributed by atoms with Crippen molar-refractivity contribution < 1.29 is 9.21 Å². The minimum atomic E-state index is 0.100. The number of furan rings is 1. The van der Waals surface area contributed by atoms with Crippen molar-refractivity contribution in [2.45, 2.75) is 32.7 Å². The maximum Gasteiger partial charge on any atom is 0.257 e. The number of rotatable bonds is 2. The number of nitrogens with zero attached hydrogens (tertiary/aromatic N) is 1. The van der Waals surface area contributed by atoms with Crippen LogP contribution < -0.4 is 0 Å². The molecule has 0 bridgehead atoms.